The fourth-order valence-electron chi connectivity index (χ4n) is 2.19. The second-order valence-electron chi connectivity index (χ2n) is 5.58. The summed E-state index contributed by atoms with van der Waals surface area (Å²) < 4.78 is 4.98. The maximum atomic E-state index is 11.8. The number of hydrogen-bond donors (Lipinski definition) is 1. The molecule has 1 atom stereocenters. The molecule has 1 fully saturated rings. The summed E-state index contributed by atoms with van der Waals surface area (Å²) in [4.78, 5) is 23.6. The van der Waals surface area contributed by atoms with Crippen molar-refractivity contribution in [2.75, 3.05) is 6.61 Å². The van der Waals surface area contributed by atoms with E-state index in [-0.39, 0.29) is 12.5 Å². The highest BCUT2D eigenvalue weighted by Gasteiger charge is 2.43. The first kappa shape index (κ1) is 15.0. The number of ether oxygens (including phenoxy) is 1. The number of rotatable bonds is 5. The predicted octanol–water partition coefficient (Wildman–Crippen LogP) is 1.96. The highest BCUT2D eigenvalue weighted by atomic mass is 16.5. The highest BCUT2D eigenvalue weighted by Crippen LogP contribution is 2.39. The fourth-order valence-corrected chi connectivity index (χ4v) is 2.19. The molecule has 5 nitrogen and oxygen atoms in total. The normalized spacial score (nSPS) is 16.4. The van der Waals surface area contributed by atoms with Crippen LogP contribution in [0.15, 0.2) is 24.3 Å². The molecule has 0 heterocycles. The average molecular weight is 286 g/mol. The van der Waals surface area contributed by atoms with Crippen molar-refractivity contribution in [2.24, 2.45) is 5.92 Å². The molecule has 0 unspecified atom stereocenters. The summed E-state index contributed by atoms with van der Waals surface area (Å²) >= 11 is 0. The summed E-state index contributed by atoms with van der Waals surface area (Å²) in [6.07, 6.45) is 1.88. The van der Waals surface area contributed by atoms with Crippen LogP contribution in [0.3, 0.4) is 0 Å². The molecule has 0 spiro atoms. The van der Waals surface area contributed by atoms with Crippen LogP contribution in [0.5, 0.6) is 0 Å². The maximum Gasteiger partial charge on any atom is 0.338 e. The molecular weight excluding hydrogens is 268 g/mol. The lowest BCUT2D eigenvalue weighted by molar-refractivity contribution is -0.125. The summed E-state index contributed by atoms with van der Waals surface area (Å²) in [7, 11) is 0. The molecule has 1 aromatic rings. The fraction of sp³-hybridized carbons (Fsp3) is 0.438. The topological polar surface area (TPSA) is 79.2 Å². The molecule has 0 bridgehead atoms. The summed E-state index contributed by atoms with van der Waals surface area (Å²) in [5.74, 6) is -0.801. The predicted molar refractivity (Wildman–Crippen MR) is 76.3 cm³/mol. The van der Waals surface area contributed by atoms with Crippen LogP contribution in [0, 0.1) is 24.2 Å². The van der Waals surface area contributed by atoms with Gasteiger partial charge in [0.2, 0.25) is 0 Å². The number of esters is 1. The second kappa shape index (κ2) is 5.96. The monoisotopic (exact) mass is 286 g/mol. The van der Waals surface area contributed by atoms with E-state index in [0.717, 1.165) is 18.4 Å². The highest BCUT2D eigenvalue weighted by molar-refractivity contribution is 5.91. The number of carbonyl (C=O) groups excluding carboxylic acids is 2. The Kier molecular flexibility index (Phi) is 4.27. The number of carbonyl (C=O) groups is 2. The second-order valence-corrected chi connectivity index (χ2v) is 5.58. The minimum atomic E-state index is -0.868. The third-order valence-corrected chi connectivity index (χ3v) is 3.61. The van der Waals surface area contributed by atoms with Gasteiger partial charge in [-0.2, -0.15) is 5.26 Å². The molecule has 0 aromatic heterocycles. The van der Waals surface area contributed by atoms with E-state index < -0.39 is 17.4 Å². The molecule has 1 aliphatic carbocycles. The molecule has 5 heteroatoms. The Bertz CT molecular complexity index is 602. The quantitative estimate of drug-likeness (QED) is 0.839. The van der Waals surface area contributed by atoms with Gasteiger partial charge in [-0.25, -0.2) is 4.79 Å². The Morgan fingerprint density at radius 3 is 2.76 bits per heavy atom. The van der Waals surface area contributed by atoms with Crippen LogP contribution < -0.4 is 5.32 Å². The summed E-state index contributed by atoms with van der Waals surface area (Å²) in [6, 6.07) is 9.09. The lowest BCUT2D eigenvalue weighted by Gasteiger charge is -2.22. The maximum absolute atomic E-state index is 11.8. The minimum absolute atomic E-state index is 0.193. The Labute approximate surface area is 123 Å². The third-order valence-electron chi connectivity index (χ3n) is 3.61. The van der Waals surface area contributed by atoms with Crippen LogP contribution in [-0.2, 0) is 9.53 Å². The first-order valence-electron chi connectivity index (χ1n) is 6.90. The first-order chi connectivity index (χ1) is 9.94. The molecule has 1 aliphatic rings. The van der Waals surface area contributed by atoms with Crippen molar-refractivity contribution in [1.82, 2.24) is 5.32 Å². The number of amides is 1. The van der Waals surface area contributed by atoms with Gasteiger partial charge in [0, 0.05) is 0 Å². The van der Waals surface area contributed by atoms with E-state index in [0.29, 0.717) is 5.56 Å². The van der Waals surface area contributed by atoms with Gasteiger partial charge in [-0.05, 0) is 44.7 Å². The van der Waals surface area contributed by atoms with Crippen molar-refractivity contribution in [3.8, 4) is 6.07 Å². The molecular formula is C16H18N2O3. The molecule has 1 aromatic carbocycles. The van der Waals surface area contributed by atoms with E-state index >= 15 is 0 Å². The van der Waals surface area contributed by atoms with Gasteiger partial charge in [-0.3, -0.25) is 4.79 Å². The Hall–Kier alpha value is -2.35. The molecule has 1 amide bonds. The molecule has 2 rings (SSSR count). The average Bonchev–Trinajstić information content (AvgIpc) is 3.29. The van der Waals surface area contributed by atoms with Gasteiger partial charge >= 0.3 is 5.97 Å². The summed E-state index contributed by atoms with van der Waals surface area (Å²) in [6.45, 7) is 3.19. The zero-order valence-corrected chi connectivity index (χ0v) is 12.2. The van der Waals surface area contributed by atoms with Crippen LogP contribution in [-0.4, -0.2) is 24.0 Å². The Morgan fingerprint density at radius 1 is 1.48 bits per heavy atom. The Balaban J connectivity index is 1.87. The van der Waals surface area contributed by atoms with E-state index in [1.165, 1.54) is 0 Å². The van der Waals surface area contributed by atoms with Gasteiger partial charge < -0.3 is 10.1 Å². The van der Waals surface area contributed by atoms with Crippen molar-refractivity contribution in [2.45, 2.75) is 32.2 Å². The van der Waals surface area contributed by atoms with Gasteiger partial charge in [-0.1, -0.05) is 17.7 Å². The first-order valence-corrected chi connectivity index (χ1v) is 6.90. The molecule has 0 saturated heterocycles. The zero-order valence-electron chi connectivity index (χ0n) is 12.2. The summed E-state index contributed by atoms with van der Waals surface area (Å²) in [5.41, 5.74) is 0.486. The Morgan fingerprint density at radius 2 is 2.19 bits per heavy atom. The lowest BCUT2D eigenvalue weighted by Crippen LogP contribution is -2.48. The smallest absolute Gasteiger partial charge is 0.338 e. The number of nitrogens with one attached hydrogen (secondary N) is 1. The third kappa shape index (κ3) is 3.82. The molecule has 1 saturated carbocycles. The minimum Gasteiger partial charge on any atom is -0.452 e. The lowest BCUT2D eigenvalue weighted by atomic mass is 9.98. The molecule has 21 heavy (non-hydrogen) atoms. The standard InChI is InChI=1S/C16H18N2O3/c1-11-4-3-5-12(8-11)15(20)21-9-14(19)18-16(2,10-17)13-6-7-13/h3-5,8,13H,6-7,9H2,1-2H3,(H,18,19)/t16-/m1/s1. The van der Waals surface area contributed by atoms with E-state index in [2.05, 4.69) is 11.4 Å². The van der Waals surface area contributed by atoms with E-state index in [1.807, 2.05) is 13.0 Å². The van der Waals surface area contributed by atoms with Gasteiger partial charge in [0.1, 0.15) is 5.54 Å². The van der Waals surface area contributed by atoms with Crippen LogP contribution in [0.2, 0.25) is 0 Å². The van der Waals surface area contributed by atoms with Crippen molar-refractivity contribution < 1.29 is 14.3 Å². The van der Waals surface area contributed by atoms with Gasteiger partial charge in [-0.15, -0.1) is 0 Å². The van der Waals surface area contributed by atoms with Crippen LogP contribution >= 0.6 is 0 Å². The van der Waals surface area contributed by atoms with Gasteiger partial charge in [0.25, 0.3) is 5.91 Å². The van der Waals surface area contributed by atoms with Gasteiger partial charge in [0.15, 0.2) is 6.61 Å². The van der Waals surface area contributed by atoms with E-state index in [9.17, 15) is 9.59 Å². The van der Waals surface area contributed by atoms with E-state index in [1.54, 1.807) is 25.1 Å². The van der Waals surface area contributed by atoms with Crippen LogP contribution in [0.4, 0.5) is 0 Å². The SMILES string of the molecule is Cc1cccc(C(=O)OCC(=O)N[C@](C)(C#N)C2CC2)c1. The number of hydrogen-bond acceptors (Lipinski definition) is 4. The van der Waals surface area contributed by atoms with Crippen molar-refractivity contribution in [1.29, 1.82) is 5.26 Å². The molecule has 0 aliphatic heterocycles. The summed E-state index contributed by atoms with van der Waals surface area (Å²) in [5, 5.41) is 11.8. The van der Waals surface area contributed by atoms with Gasteiger partial charge in [0.05, 0.1) is 11.6 Å². The molecule has 1 N–H and O–H groups in total. The molecule has 110 valence electrons. The number of nitrogens with zero attached hydrogens (tertiary/aromatic N) is 1. The van der Waals surface area contributed by atoms with Crippen LogP contribution in [0.1, 0.15) is 35.7 Å². The number of nitriles is 1. The van der Waals surface area contributed by atoms with Crippen molar-refractivity contribution >= 4 is 11.9 Å². The largest absolute Gasteiger partial charge is 0.452 e. The van der Waals surface area contributed by atoms with Crippen molar-refractivity contribution in [3.05, 3.63) is 35.4 Å². The number of benzene rings is 1. The molecule has 0 radical (unpaired) electrons. The zero-order chi connectivity index (χ0) is 15.5. The number of aryl methyl sites for hydroxylation is 1. The van der Waals surface area contributed by atoms with Crippen LogP contribution in [0.25, 0.3) is 0 Å². The van der Waals surface area contributed by atoms with Crippen molar-refractivity contribution in [3.63, 3.8) is 0 Å². The van der Waals surface area contributed by atoms with E-state index in [4.69, 9.17) is 10.00 Å².